The lowest BCUT2D eigenvalue weighted by molar-refractivity contribution is -0.116. The first-order valence-electron chi connectivity index (χ1n) is 7.97. The maximum absolute atomic E-state index is 12.5. The number of hydrogen-bond donors (Lipinski definition) is 1. The highest BCUT2D eigenvalue weighted by Crippen LogP contribution is 2.35. The summed E-state index contributed by atoms with van der Waals surface area (Å²) in [4.78, 5) is 13.5. The van der Waals surface area contributed by atoms with E-state index in [0.29, 0.717) is 23.2 Å². The van der Waals surface area contributed by atoms with E-state index in [1.807, 2.05) is 6.07 Å². The third kappa shape index (κ3) is 4.33. The zero-order valence-corrected chi connectivity index (χ0v) is 16.0. The third-order valence-corrected chi connectivity index (χ3v) is 6.44. The van der Waals surface area contributed by atoms with E-state index in [1.54, 1.807) is 11.0 Å². The zero-order chi connectivity index (χ0) is 17.0. The molecule has 1 aromatic carbocycles. The van der Waals surface area contributed by atoms with Gasteiger partial charge in [-0.1, -0.05) is 26.2 Å². The summed E-state index contributed by atoms with van der Waals surface area (Å²) in [6.45, 7) is 4.65. The molecule has 1 aromatic rings. The molecule has 0 fully saturated rings. The van der Waals surface area contributed by atoms with Crippen LogP contribution < -0.4 is 9.62 Å². The molecule has 2 rings (SSSR count). The van der Waals surface area contributed by atoms with Gasteiger partial charge < -0.3 is 4.90 Å². The van der Waals surface area contributed by atoms with Crippen LogP contribution >= 0.6 is 15.9 Å². The van der Waals surface area contributed by atoms with Gasteiger partial charge in [0.25, 0.3) is 0 Å². The van der Waals surface area contributed by atoms with Crippen LogP contribution in [0.2, 0.25) is 0 Å². The van der Waals surface area contributed by atoms with Gasteiger partial charge in [0.15, 0.2) is 0 Å². The van der Waals surface area contributed by atoms with Crippen LogP contribution in [0.4, 0.5) is 5.69 Å². The molecule has 1 aliphatic heterocycles. The summed E-state index contributed by atoms with van der Waals surface area (Å²) in [5.41, 5.74) is 1.70. The molecule has 0 bridgehead atoms. The second-order valence-corrected chi connectivity index (χ2v) is 8.38. The number of fused-ring (bicyclic) bond motifs is 1. The Morgan fingerprint density at radius 1 is 1.30 bits per heavy atom. The lowest BCUT2D eigenvalue weighted by atomic mass is 10.2. The lowest BCUT2D eigenvalue weighted by Gasteiger charge is -2.16. The van der Waals surface area contributed by atoms with Crippen molar-refractivity contribution in [3.63, 3.8) is 0 Å². The molecule has 128 valence electrons. The molecular weight excluding hydrogens is 380 g/mol. The van der Waals surface area contributed by atoms with Gasteiger partial charge in [-0.15, -0.1) is 0 Å². The Kier molecular flexibility index (Phi) is 6.22. The van der Waals surface area contributed by atoms with Gasteiger partial charge in [0, 0.05) is 30.2 Å². The Morgan fingerprint density at radius 2 is 2.04 bits per heavy atom. The molecular formula is C16H23BrN2O3S. The number of sulfonamides is 1. The minimum Gasteiger partial charge on any atom is -0.312 e. The van der Waals surface area contributed by atoms with Crippen LogP contribution in [0.15, 0.2) is 21.5 Å². The average Bonchev–Trinajstić information content (AvgIpc) is 2.88. The number of nitrogens with one attached hydrogen (secondary N) is 1. The summed E-state index contributed by atoms with van der Waals surface area (Å²) in [5, 5.41) is 0. The molecule has 1 N–H and O–H groups in total. The maximum Gasteiger partial charge on any atom is 0.241 e. The van der Waals surface area contributed by atoms with Gasteiger partial charge in [0.1, 0.15) is 0 Å². The van der Waals surface area contributed by atoms with E-state index in [9.17, 15) is 13.2 Å². The quantitative estimate of drug-likeness (QED) is 0.711. The van der Waals surface area contributed by atoms with Gasteiger partial charge in [-0.05, 0) is 46.5 Å². The molecule has 0 radical (unpaired) electrons. The lowest BCUT2D eigenvalue weighted by Crippen LogP contribution is -2.27. The van der Waals surface area contributed by atoms with Crippen molar-refractivity contribution in [2.75, 3.05) is 18.0 Å². The number of benzene rings is 1. The number of hydrogen-bond acceptors (Lipinski definition) is 3. The van der Waals surface area contributed by atoms with Crippen molar-refractivity contribution < 1.29 is 13.2 Å². The van der Waals surface area contributed by atoms with Crippen molar-refractivity contribution in [3.05, 3.63) is 22.2 Å². The molecule has 1 heterocycles. The maximum atomic E-state index is 12.5. The largest absolute Gasteiger partial charge is 0.312 e. The van der Waals surface area contributed by atoms with E-state index < -0.39 is 10.0 Å². The van der Waals surface area contributed by atoms with Crippen LogP contribution in [0.3, 0.4) is 0 Å². The minimum atomic E-state index is -3.58. The van der Waals surface area contributed by atoms with Crippen molar-refractivity contribution in [1.29, 1.82) is 0 Å². The molecule has 1 amide bonds. The highest BCUT2D eigenvalue weighted by atomic mass is 79.9. The first-order valence-corrected chi connectivity index (χ1v) is 10.2. The average molecular weight is 403 g/mol. The van der Waals surface area contributed by atoms with E-state index in [-0.39, 0.29) is 10.8 Å². The van der Waals surface area contributed by atoms with E-state index in [0.717, 1.165) is 37.7 Å². The van der Waals surface area contributed by atoms with Gasteiger partial charge >= 0.3 is 0 Å². The first-order chi connectivity index (χ1) is 10.9. The fraction of sp³-hybridized carbons (Fsp3) is 0.562. The molecule has 23 heavy (non-hydrogen) atoms. The van der Waals surface area contributed by atoms with E-state index in [4.69, 9.17) is 0 Å². The molecule has 0 saturated carbocycles. The minimum absolute atomic E-state index is 0.0676. The Morgan fingerprint density at radius 3 is 2.70 bits per heavy atom. The van der Waals surface area contributed by atoms with Crippen LogP contribution in [0.1, 0.15) is 45.1 Å². The standard InChI is InChI=1S/C16H23BrN2O3S/c1-3-4-5-6-8-18-23(21,22)16-11-15-13(10-14(16)17)7-9-19(15)12(2)20/h10-11,18H,3-9H2,1-2H3. The number of unbranched alkanes of at least 4 members (excludes halogenated alkanes) is 3. The van der Waals surface area contributed by atoms with Crippen LogP contribution in [-0.4, -0.2) is 27.4 Å². The number of nitrogens with zero attached hydrogens (tertiary/aromatic N) is 1. The summed E-state index contributed by atoms with van der Waals surface area (Å²) in [7, 11) is -3.58. The van der Waals surface area contributed by atoms with Gasteiger partial charge in [-0.3, -0.25) is 4.79 Å². The molecule has 7 heteroatoms. The summed E-state index contributed by atoms with van der Waals surface area (Å²) in [6, 6.07) is 3.41. The first kappa shape index (κ1) is 18.4. The Hall–Kier alpha value is -0.920. The zero-order valence-electron chi connectivity index (χ0n) is 13.6. The van der Waals surface area contributed by atoms with Crippen molar-refractivity contribution in [1.82, 2.24) is 4.72 Å². The van der Waals surface area contributed by atoms with Gasteiger partial charge in [-0.25, -0.2) is 13.1 Å². The van der Waals surface area contributed by atoms with Crippen molar-refractivity contribution in [3.8, 4) is 0 Å². The van der Waals surface area contributed by atoms with Crippen LogP contribution in [-0.2, 0) is 21.2 Å². The molecule has 0 atom stereocenters. The van der Waals surface area contributed by atoms with E-state index in [1.165, 1.54) is 6.92 Å². The monoisotopic (exact) mass is 402 g/mol. The summed E-state index contributed by atoms with van der Waals surface area (Å²) in [5.74, 6) is -0.0676. The van der Waals surface area contributed by atoms with Crippen LogP contribution in [0, 0.1) is 0 Å². The fourth-order valence-electron chi connectivity index (χ4n) is 2.76. The molecule has 0 spiro atoms. The molecule has 0 saturated heterocycles. The molecule has 0 unspecified atom stereocenters. The highest BCUT2D eigenvalue weighted by molar-refractivity contribution is 9.10. The number of carbonyl (C=O) groups excluding carboxylic acids is 1. The van der Waals surface area contributed by atoms with Crippen molar-refractivity contribution in [2.24, 2.45) is 0 Å². The smallest absolute Gasteiger partial charge is 0.241 e. The van der Waals surface area contributed by atoms with E-state index >= 15 is 0 Å². The van der Waals surface area contributed by atoms with Crippen molar-refractivity contribution in [2.45, 2.75) is 50.8 Å². The second kappa shape index (κ2) is 7.77. The number of carbonyl (C=O) groups is 1. The third-order valence-electron chi connectivity index (χ3n) is 4.02. The summed E-state index contributed by atoms with van der Waals surface area (Å²) < 4.78 is 28.2. The number of amides is 1. The summed E-state index contributed by atoms with van der Waals surface area (Å²) >= 11 is 3.35. The summed E-state index contributed by atoms with van der Waals surface area (Å²) in [6.07, 6.45) is 4.82. The highest BCUT2D eigenvalue weighted by Gasteiger charge is 2.27. The van der Waals surface area contributed by atoms with Crippen LogP contribution in [0.25, 0.3) is 0 Å². The van der Waals surface area contributed by atoms with Gasteiger partial charge in [0.2, 0.25) is 15.9 Å². The predicted octanol–water partition coefficient (Wildman–Crippen LogP) is 3.22. The van der Waals surface area contributed by atoms with Crippen LogP contribution in [0.5, 0.6) is 0 Å². The molecule has 0 aromatic heterocycles. The number of halogens is 1. The Labute approximate surface area is 146 Å². The Bertz CT molecular complexity index is 689. The van der Waals surface area contributed by atoms with Crippen molar-refractivity contribution >= 4 is 37.5 Å². The number of rotatable bonds is 7. The second-order valence-electron chi connectivity index (χ2n) is 5.79. The number of anilines is 1. The molecule has 5 nitrogen and oxygen atoms in total. The van der Waals surface area contributed by atoms with Gasteiger partial charge in [0.05, 0.1) is 4.90 Å². The molecule has 1 aliphatic rings. The van der Waals surface area contributed by atoms with E-state index in [2.05, 4.69) is 27.6 Å². The Balaban J connectivity index is 2.19. The van der Waals surface area contributed by atoms with Gasteiger partial charge in [-0.2, -0.15) is 0 Å². The molecule has 0 aliphatic carbocycles. The SMILES string of the molecule is CCCCCCNS(=O)(=O)c1cc2c(cc1Br)CCN2C(C)=O. The predicted molar refractivity (Wildman–Crippen MR) is 95.2 cm³/mol. The normalized spacial score (nSPS) is 14.1. The topological polar surface area (TPSA) is 66.5 Å². The fourth-order valence-corrected chi connectivity index (χ4v) is 4.94.